The van der Waals surface area contributed by atoms with Crippen LogP contribution in [0.3, 0.4) is 0 Å². The molecule has 3 rings (SSSR count). The van der Waals surface area contributed by atoms with Gasteiger partial charge in [-0.1, -0.05) is 12.1 Å². The molecule has 0 radical (unpaired) electrons. The van der Waals surface area contributed by atoms with Gasteiger partial charge in [0.2, 0.25) is 5.91 Å². The number of nitrogens with two attached hydrogens (primary N) is 1. The molecule has 8 heteroatoms. The topological polar surface area (TPSA) is 88.6 Å². The average Bonchev–Trinajstić information content (AvgIpc) is 3.16. The van der Waals surface area contributed by atoms with Gasteiger partial charge in [0.15, 0.2) is 0 Å². The van der Waals surface area contributed by atoms with Crippen molar-refractivity contribution in [2.24, 2.45) is 11.7 Å². The van der Waals surface area contributed by atoms with E-state index in [9.17, 15) is 14.0 Å². The average molecular weight is 396 g/mol. The molecule has 1 aromatic heterocycles. The summed E-state index contributed by atoms with van der Waals surface area (Å²) in [6.07, 6.45) is 2.65. The number of piperidine rings is 1. The van der Waals surface area contributed by atoms with E-state index in [-0.39, 0.29) is 42.5 Å². The molecule has 2 heterocycles. The highest BCUT2D eigenvalue weighted by Crippen LogP contribution is 2.20. The van der Waals surface area contributed by atoms with Crippen molar-refractivity contribution in [2.75, 3.05) is 13.1 Å². The zero-order valence-corrected chi connectivity index (χ0v) is 15.6. The number of nitrogens with zero attached hydrogens (tertiary/aromatic N) is 1. The number of nitrogens with one attached hydrogen (secondary N) is 1. The van der Waals surface area contributed by atoms with Crippen LogP contribution in [-0.2, 0) is 17.9 Å². The van der Waals surface area contributed by atoms with E-state index in [1.165, 1.54) is 18.4 Å². The van der Waals surface area contributed by atoms with E-state index in [4.69, 9.17) is 10.2 Å². The lowest BCUT2D eigenvalue weighted by Gasteiger charge is -2.31. The van der Waals surface area contributed by atoms with Gasteiger partial charge < -0.3 is 20.4 Å². The maximum Gasteiger partial charge on any atom is 0.257 e. The van der Waals surface area contributed by atoms with Gasteiger partial charge in [-0.2, -0.15) is 0 Å². The molecule has 1 aromatic carbocycles. The van der Waals surface area contributed by atoms with E-state index in [0.29, 0.717) is 43.8 Å². The lowest BCUT2D eigenvalue weighted by molar-refractivity contribution is -0.126. The molecule has 1 saturated heterocycles. The van der Waals surface area contributed by atoms with Gasteiger partial charge in [-0.3, -0.25) is 9.59 Å². The molecule has 1 aliphatic rings. The van der Waals surface area contributed by atoms with Crippen LogP contribution in [0.4, 0.5) is 4.39 Å². The summed E-state index contributed by atoms with van der Waals surface area (Å²) >= 11 is 0. The fourth-order valence-corrected chi connectivity index (χ4v) is 3.06. The van der Waals surface area contributed by atoms with Crippen molar-refractivity contribution in [1.29, 1.82) is 0 Å². The number of amides is 2. The Kier molecular flexibility index (Phi) is 7.38. The number of halogens is 2. The van der Waals surface area contributed by atoms with Crippen molar-refractivity contribution in [3.05, 3.63) is 59.3 Å². The van der Waals surface area contributed by atoms with Crippen LogP contribution in [-0.4, -0.2) is 29.8 Å². The molecule has 3 N–H and O–H groups in total. The molecular weight excluding hydrogens is 373 g/mol. The minimum Gasteiger partial charge on any atom is -0.467 e. The van der Waals surface area contributed by atoms with Crippen LogP contribution in [0.15, 0.2) is 41.0 Å². The van der Waals surface area contributed by atoms with Gasteiger partial charge in [0.1, 0.15) is 17.8 Å². The molecule has 2 amide bonds. The number of furan rings is 1. The van der Waals surface area contributed by atoms with Crippen LogP contribution in [0.1, 0.15) is 34.5 Å². The van der Waals surface area contributed by atoms with Gasteiger partial charge in [0.25, 0.3) is 5.91 Å². The molecule has 0 saturated carbocycles. The highest BCUT2D eigenvalue weighted by Gasteiger charge is 2.28. The molecule has 0 aliphatic carbocycles. The number of hydrogen-bond donors (Lipinski definition) is 2. The second-order valence-corrected chi connectivity index (χ2v) is 6.42. The van der Waals surface area contributed by atoms with Crippen LogP contribution < -0.4 is 11.1 Å². The number of hydrogen-bond acceptors (Lipinski definition) is 4. The predicted molar refractivity (Wildman–Crippen MR) is 101 cm³/mol. The van der Waals surface area contributed by atoms with Gasteiger partial charge in [-0.25, -0.2) is 4.39 Å². The molecule has 27 heavy (non-hydrogen) atoms. The quantitative estimate of drug-likeness (QED) is 0.813. The monoisotopic (exact) mass is 395 g/mol. The Morgan fingerprint density at radius 2 is 1.89 bits per heavy atom. The molecule has 2 aromatic rings. The summed E-state index contributed by atoms with van der Waals surface area (Å²) in [6.45, 7) is 1.67. The minimum absolute atomic E-state index is 0. The number of rotatable bonds is 5. The van der Waals surface area contributed by atoms with E-state index in [2.05, 4.69) is 5.32 Å². The lowest BCUT2D eigenvalue weighted by Crippen LogP contribution is -2.42. The first-order valence-electron chi connectivity index (χ1n) is 8.65. The third kappa shape index (κ3) is 5.30. The van der Waals surface area contributed by atoms with Gasteiger partial charge in [0.05, 0.1) is 12.1 Å². The third-order valence-electron chi connectivity index (χ3n) is 4.63. The molecule has 1 aliphatic heterocycles. The third-order valence-corrected chi connectivity index (χ3v) is 4.63. The van der Waals surface area contributed by atoms with E-state index < -0.39 is 0 Å². The van der Waals surface area contributed by atoms with E-state index in [0.717, 1.165) is 5.56 Å². The molecule has 0 atom stereocenters. The van der Waals surface area contributed by atoms with Crippen molar-refractivity contribution >= 4 is 24.2 Å². The van der Waals surface area contributed by atoms with Crippen LogP contribution in [0.25, 0.3) is 0 Å². The summed E-state index contributed by atoms with van der Waals surface area (Å²) < 4.78 is 18.1. The maximum atomic E-state index is 12.9. The molecule has 0 bridgehead atoms. The van der Waals surface area contributed by atoms with Crippen LogP contribution in [0, 0.1) is 11.7 Å². The molecule has 146 valence electrons. The number of benzene rings is 1. The largest absolute Gasteiger partial charge is 0.467 e. The maximum absolute atomic E-state index is 12.9. The zero-order chi connectivity index (χ0) is 18.5. The molecular formula is C19H23ClFN3O3. The van der Waals surface area contributed by atoms with Crippen molar-refractivity contribution in [3.8, 4) is 0 Å². The molecule has 0 unspecified atom stereocenters. The fourth-order valence-electron chi connectivity index (χ4n) is 3.06. The fraction of sp³-hybridized carbons (Fsp3) is 0.368. The Morgan fingerprint density at radius 1 is 1.22 bits per heavy atom. The highest BCUT2D eigenvalue weighted by atomic mass is 35.5. The normalized spacial score (nSPS) is 14.5. The minimum atomic E-state index is -0.298. The molecule has 6 nitrogen and oxygen atoms in total. The Balaban J connectivity index is 0.00000261. The number of carbonyl (C=O) groups is 2. The van der Waals surface area contributed by atoms with Crippen molar-refractivity contribution < 1.29 is 18.4 Å². The van der Waals surface area contributed by atoms with E-state index in [1.807, 2.05) is 0 Å². The van der Waals surface area contributed by atoms with Gasteiger partial charge in [0, 0.05) is 25.6 Å². The Hall–Kier alpha value is -2.38. The second kappa shape index (κ2) is 9.53. The first-order chi connectivity index (χ1) is 12.6. The van der Waals surface area contributed by atoms with Crippen molar-refractivity contribution in [3.63, 3.8) is 0 Å². The summed E-state index contributed by atoms with van der Waals surface area (Å²) in [7, 11) is 0. The summed E-state index contributed by atoms with van der Waals surface area (Å²) in [5.41, 5.74) is 6.83. The number of likely N-dealkylation sites (tertiary alicyclic amines) is 1. The zero-order valence-electron chi connectivity index (χ0n) is 14.8. The Bertz CT molecular complexity index is 771. The molecule has 1 fully saturated rings. The summed E-state index contributed by atoms with van der Waals surface area (Å²) in [6, 6.07) is 7.70. The van der Waals surface area contributed by atoms with Gasteiger partial charge >= 0.3 is 0 Å². The van der Waals surface area contributed by atoms with Crippen molar-refractivity contribution in [1.82, 2.24) is 10.2 Å². The van der Waals surface area contributed by atoms with Crippen LogP contribution in [0.5, 0.6) is 0 Å². The van der Waals surface area contributed by atoms with Crippen LogP contribution in [0.2, 0.25) is 0 Å². The van der Waals surface area contributed by atoms with Gasteiger partial charge in [-0.05, 0) is 36.6 Å². The van der Waals surface area contributed by atoms with Crippen LogP contribution >= 0.6 is 12.4 Å². The second-order valence-electron chi connectivity index (χ2n) is 6.42. The summed E-state index contributed by atoms with van der Waals surface area (Å²) in [5.74, 6) is 0.0222. The summed E-state index contributed by atoms with van der Waals surface area (Å²) in [4.78, 5) is 26.5. The Labute approximate surface area is 163 Å². The number of carbonyl (C=O) groups excluding carboxylic acids is 2. The first-order valence-corrected chi connectivity index (χ1v) is 8.65. The smallest absolute Gasteiger partial charge is 0.257 e. The van der Waals surface area contributed by atoms with E-state index in [1.54, 1.807) is 23.1 Å². The SMILES string of the molecule is Cl.NCc1cc(C(=O)N2CCC(C(=O)NCc3ccc(F)cc3)CC2)co1. The predicted octanol–water partition coefficient (Wildman–Crippen LogP) is 2.47. The highest BCUT2D eigenvalue weighted by molar-refractivity contribution is 5.94. The standard InChI is InChI=1S/C19H22FN3O3.ClH/c20-16-3-1-13(2-4-16)11-22-18(24)14-5-7-23(8-6-14)19(25)15-9-17(10-21)26-12-15;/h1-4,9,12,14H,5-8,10-11,21H2,(H,22,24);1H. The lowest BCUT2D eigenvalue weighted by atomic mass is 9.95. The molecule has 0 spiro atoms. The van der Waals surface area contributed by atoms with Gasteiger partial charge in [-0.15, -0.1) is 12.4 Å². The first kappa shape index (κ1) is 20.9. The summed E-state index contributed by atoms with van der Waals surface area (Å²) in [5, 5.41) is 2.88. The van der Waals surface area contributed by atoms with E-state index >= 15 is 0 Å². The van der Waals surface area contributed by atoms with Crippen molar-refractivity contribution in [2.45, 2.75) is 25.9 Å². The Morgan fingerprint density at radius 3 is 2.48 bits per heavy atom.